The van der Waals surface area contributed by atoms with E-state index in [4.69, 9.17) is 0 Å². The first-order valence-corrected chi connectivity index (χ1v) is 6.65. The number of thiazole rings is 1. The Morgan fingerprint density at radius 1 is 1.35 bits per heavy atom. The fourth-order valence-corrected chi connectivity index (χ4v) is 2.39. The van der Waals surface area contributed by atoms with E-state index in [-0.39, 0.29) is 0 Å². The molecule has 0 saturated heterocycles. The van der Waals surface area contributed by atoms with Gasteiger partial charge < -0.3 is 5.32 Å². The van der Waals surface area contributed by atoms with Crippen molar-refractivity contribution in [2.75, 3.05) is 6.54 Å². The molecule has 2 rings (SSSR count). The van der Waals surface area contributed by atoms with Gasteiger partial charge in [0.15, 0.2) is 0 Å². The molecular formula is C13H17N3S. The summed E-state index contributed by atoms with van der Waals surface area (Å²) in [5, 5.41) is 6.73. The zero-order valence-corrected chi connectivity index (χ0v) is 11.0. The summed E-state index contributed by atoms with van der Waals surface area (Å²) in [6, 6.07) is 2.04. The van der Waals surface area contributed by atoms with Gasteiger partial charge in [-0.05, 0) is 31.0 Å². The fourth-order valence-electron chi connectivity index (χ4n) is 1.62. The topological polar surface area (TPSA) is 37.8 Å². The predicted molar refractivity (Wildman–Crippen MR) is 71.2 cm³/mol. The lowest BCUT2D eigenvalue weighted by atomic mass is 10.1. The second kappa shape index (κ2) is 5.89. The summed E-state index contributed by atoms with van der Waals surface area (Å²) < 4.78 is 0. The van der Waals surface area contributed by atoms with Crippen LogP contribution in [0.2, 0.25) is 0 Å². The van der Waals surface area contributed by atoms with Crippen LogP contribution in [-0.2, 0) is 13.0 Å². The van der Waals surface area contributed by atoms with Gasteiger partial charge >= 0.3 is 0 Å². The van der Waals surface area contributed by atoms with Crippen molar-refractivity contribution in [1.82, 2.24) is 15.3 Å². The first kappa shape index (κ1) is 12.2. The van der Waals surface area contributed by atoms with E-state index in [2.05, 4.69) is 27.6 Å². The van der Waals surface area contributed by atoms with Gasteiger partial charge in [0.25, 0.3) is 0 Å². The molecular weight excluding hydrogens is 230 g/mol. The number of aromatic nitrogens is 2. The molecule has 0 fully saturated rings. The Morgan fingerprint density at radius 3 is 2.94 bits per heavy atom. The lowest BCUT2D eigenvalue weighted by Gasteiger charge is -2.05. The average molecular weight is 247 g/mol. The van der Waals surface area contributed by atoms with E-state index < -0.39 is 0 Å². The normalized spacial score (nSPS) is 10.7. The van der Waals surface area contributed by atoms with Gasteiger partial charge in [-0.1, -0.05) is 0 Å². The molecule has 0 aliphatic carbocycles. The van der Waals surface area contributed by atoms with Crippen LogP contribution in [0.15, 0.2) is 23.8 Å². The Labute approximate surface area is 106 Å². The van der Waals surface area contributed by atoms with Crippen LogP contribution in [-0.4, -0.2) is 16.5 Å². The van der Waals surface area contributed by atoms with Crippen molar-refractivity contribution in [2.45, 2.75) is 26.8 Å². The highest BCUT2D eigenvalue weighted by Crippen LogP contribution is 2.09. The van der Waals surface area contributed by atoms with Crippen LogP contribution in [0.3, 0.4) is 0 Å². The van der Waals surface area contributed by atoms with Crippen molar-refractivity contribution in [3.63, 3.8) is 0 Å². The Hall–Kier alpha value is -1.26. The summed E-state index contributed by atoms with van der Waals surface area (Å²) in [6.07, 6.45) is 4.75. The van der Waals surface area contributed by atoms with Crippen molar-refractivity contribution in [3.8, 4) is 0 Å². The zero-order chi connectivity index (χ0) is 12.1. The molecule has 0 aliphatic heterocycles. The number of hydrogen-bond acceptors (Lipinski definition) is 4. The highest BCUT2D eigenvalue weighted by Gasteiger charge is 1.99. The van der Waals surface area contributed by atoms with E-state index in [9.17, 15) is 0 Å². The van der Waals surface area contributed by atoms with Gasteiger partial charge in [0.1, 0.15) is 0 Å². The lowest BCUT2D eigenvalue weighted by Crippen LogP contribution is -2.17. The van der Waals surface area contributed by atoms with Crippen LogP contribution in [0, 0.1) is 13.8 Å². The van der Waals surface area contributed by atoms with Crippen LogP contribution < -0.4 is 5.32 Å². The third kappa shape index (κ3) is 3.61. The van der Waals surface area contributed by atoms with Gasteiger partial charge in [-0.25, -0.2) is 4.98 Å². The summed E-state index contributed by atoms with van der Waals surface area (Å²) in [7, 11) is 0. The molecule has 0 amide bonds. The third-order valence-corrected chi connectivity index (χ3v) is 3.67. The standard InChI is InChI=1S/C13H17N3S/c1-10-3-5-14-7-12(10)8-15-6-4-13-16-11(2)9-17-13/h3,5,7,9,15H,4,6,8H2,1-2H3. The van der Waals surface area contributed by atoms with Gasteiger partial charge in [0.05, 0.1) is 5.01 Å². The highest BCUT2D eigenvalue weighted by molar-refractivity contribution is 7.09. The molecule has 90 valence electrons. The highest BCUT2D eigenvalue weighted by atomic mass is 32.1. The maximum atomic E-state index is 4.44. The Balaban J connectivity index is 1.75. The largest absolute Gasteiger partial charge is 0.312 e. The molecule has 0 saturated carbocycles. The first-order chi connectivity index (χ1) is 8.25. The Kier molecular flexibility index (Phi) is 4.23. The number of nitrogens with one attached hydrogen (secondary N) is 1. The molecule has 0 atom stereocenters. The number of pyridine rings is 1. The van der Waals surface area contributed by atoms with Crippen molar-refractivity contribution in [1.29, 1.82) is 0 Å². The molecule has 2 aromatic rings. The van der Waals surface area contributed by atoms with Gasteiger partial charge in [0.2, 0.25) is 0 Å². The van der Waals surface area contributed by atoms with Crippen molar-refractivity contribution in [3.05, 3.63) is 45.7 Å². The molecule has 0 unspecified atom stereocenters. The molecule has 0 radical (unpaired) electrons. The van der Waals surface area contributed by atoms with Gasteiger partial charge in [-0.2, -0.15) is 0 Å². The number of nitrogens with zero attached hydrogens (tertiary/aromatic N) is 2. The Bertz CT molecular complexity index is 479. The summed E-state index contributed by atoms with van der Waals surface area (Å²) >= 11 is 1.74. The molecule has 2 heterocycles. The molecule has 0 spiro atoms. The minimum Gasteiger partial charge on any atom is -0.312 e. The first-order valence-electron chi connectivity index (χ1n) is 5.77. The van der Waals surface area contributed by atoms with E-state index in [1.807, 2.05) is 25.4 Å². The van der Waals surface area contributed by atoms with Crippen LogP contribution in [0.1, 0.15) is 21.8 Å². The lowest BCUT2D eigenvalue weighted by molar-refractivity contribution is 0.680. The van der Waals surface area contributed by atoms with Crippen molar-refractivity contribution >= 4 is 11.3 Å². The predicted octanol–water partition coefficient (Wildman–Crippen LogP) is 2.49. The maximum Gasteiger partial charge on any atom is 0.0940 e. The quantitative estimate of drug-likeness (QED) is 0.825. The minimum atomic E-state index is 0.879. The second-order valence-corrected chi connectivity index (χ2v) is 5.05. The SMILES string of the molecule is Cc1csc(CCNCc2cnccc2C)n1. The molecule has 3 nitrogen and oxygen atoms in total. The van der Waals surface area contributed by atoms with Gasteiger partial charge in [-0.3, -0.25) is 4.98 Å². The summed E-state index contributed by atoms with van der Waals surface area (Å²) in [4.78, 5) is 8.57. The van der Waals surface area contributed by atoms with Crippen LogP contribution in [0.4, 0.5) is 0 Å². The number of aryl methyl sites for hydroxylation is 2. The average Bonchev–Trinajstić information content (AvgIpc) is 2.73. The Morgan fingerprint density at radius 2 is 2.24 bits per heavy atom. The number of hydrogen-bond donors (Lipinski definition) is 1. The second-order valence-electron chi connectivity index (χ2n) is 4.11. The van der Waals surface area contributed by atoms with Crippen LogP contribution in [0.5, 0.6) is 0 Å². The van der Waals surface area contributed by atoms with E-state index in [0.717, 1.165) is 25.2 Å². The van der Waals surface area contributed by atoms with Crippen LogP contribution in [0.25, 0.3) is 0 Å². The summed E-state index contributed by atoms with van der Waals surface area (Å²) in [6.45, 7) is 5.99. The smallest absolute Gasteiger partial charge is 0.0940 e. The van der Waals surface area contributed by atoms with E-state index in [1.165, 1.54) is 16.1 Å². The number of rotatable bonds is 5. The fraction of sp³-hybridized carbons (Fsp3) is 0.385. The summed E-state index contributed by atoms with van der Waals surface area (Å²) in [5.41, 5.74) is 3.67. The van der Waals surface area contributed by atoms with Crippen molar-refractivity contribution < 1.29 is 0 Å². The van der Waals surface area contributed by atoms with Gasteiger partial charge in [0, 0.05) is 43.0 Å². The minimum absolute atomic E-state index is 0.879. The molecule has 2 aromatic heterocycles. The van der Waals surface area contributed by atoms with Crippen LogP contribution >= 0.6 is 11.3 Å². The molecule has 0 bridgehead atoms. The monoisotopic (exact) mass is 247 g/mol. The van der Waals surface area contributed by atoms with Crippen molar-refractivity contribution in [2.24, 2.45) is 0 Å². The zero-order valence-electron chi connectivity index (χ0n) is 10.2. The molecule has 4 heteroatoms. The molecule has 17 heavy (non-hydrogen) atoms. The maximum absolute atomic E-state index is 4.44. The molecule has 0 aromatic carbocycles. The third-order valence-electron chi connectivity index (χ3n) is 2.65. The summed E-state index contributed by atoms with van der Waals surface area (Å²) in [5.74, 6) is 0. The van der Waals surface area contributed by atoms with E-state index in [1.54, 1.807) is 11.3 Å². The van der Waals surface area contributed by atoms with Gasteiger partial charge in [-0.15, -0.1) is 11.3 Å². The molecule has 1 N–H and O–H groups in total. The molecule has 0 aliphatic rings. The van der Waals surface area contributed by atoms with E-state index in [0.29, 0.717) is 0 Å². The van der Waals surface area contributed by atoms with E-state index >= 15 is 0 Å².